The molecule has 3 aliphatic rings. The summed E-state index contributed by atoms with van der Waals surface area (Å²) in [6.07, 6.45) is 10.4. The zero-order valence-electron chi connectivity index (χ0n) is 17.1. The molecule has 3 heterocycles. The second kappa shape index (κ2) is 7.92. The molecule has 1 saturated carbocycles. The normalized spacial score (nSPS) is 33.7. The van der Waals surface area contributed by atoms with Crippen molar-refractivity contribution < 1.29 is 4.79 Å². The maximum absolute atomic E-state index is 12.4. The molecule has 0 radical (unpaired) electrons. The molecule has 1 amide bonds. The van der Waals surface area contributed by atoms with Crippen molar-refractivity contribution in [3.63, 3.8) is 0 Å². The zero-order valence-corrected chi connectivity index (χ0v) is 17.1. The Balaban J connectivity index is 1.35. The molecule has 2 unspecified atom stereocenters. The summed E-state index contributed by atoms with van der Waals surface area (Å²) in [6.45, 7) is 4.80. The molecule has 4 atom stereocenters. The molecular formula is C21H35N5O. The van der Waals surface area contributed by atoms with Gasteiger partial charge >= 0.3 is 0 Å². The maximum Gasteiger partial charge on any atom is 0.224 e. The number of carbonyl (C=O) groups excluding carboxylic acids is 1. The average Bonchev–Trinajstić information content (AvgIpc) is 3.18. The molecule has 2 aliphatic heterocycles. The minimum absolute atomic E-state index is 0.0854. The zero-order chi connectivity index (χ0) is 19.0. The molecule has 2 saturated heterocycles. The van der Waals surface area contributed by atoms with Crippen LogP contribution in [0.15, 0.2) is 12.3 Å². The van der Waals surface area contributed by atoms with E-state index in [1.54, 1.807) is 0 Å². The Morgan fingerprint density at radius 1 is 1.15 bits per heavy atom. The molecule has 6 heteroatoms. The summed E-state index contributed by atoms with van der Waals surface area (Å²) in [6, 6.07) is 3.63. The highest BCUT2D eigenvalue weighted by Gasteiger charge is 2.41. The van der Waals surface area contributed by atoms with Crippen LogP contribution in [0.2, 0.25) is 0 Å². The number of piperidine rings is 1. The van der Waals surface area contributed by atoms with E-state index in [4.69, 9.17) is 0 Å². The Morgan fingerprint density at radius 2 is 1.93 bits per heavy atom. The third kappa shape index (κ3) is 3.92. The van der Waals surface area contributed by atoms with Crippen molar-refractivity contribution in [3.05, 3.63) is 18.0 Å². The summed E-state index contributed by atoms with van der Waals surface area (Å²) in [5.41, 5.74) is 1.12. The second-order valence-electron chi connectivity index (χ2n) is 9.04. The van der Waals surface area contributed by atoms with E-state index in [-0.39, 0.29) is 18.0 Å². The molecule has 150 valence electrons. The van der Waals surface area contributed by atoms with Crippen molar-refractivity contribution in [1.29, 1.82) is 0 Å². The summed E-state index contributed by atoms with van der Waals surface area (Å²) in [7, 11) is 3.89. The minimum Gasteiger partial charge on any atom is -0.336 e. The van der Waals surface area contributed by atoms with Crippen molar-refractivity contribution in [3.8, 4) is 0 Å². The van der Waals surface area contributed by atoms with E-state index < -0.39 is 0 Å². The number of likely N-dealkylation sites (tertiary alicyclic amines) is 2. The first-order valence-corrected chi connectivity index (χ1v) is 10.8. The van der Waals surface area contributed by atoms with Gasteiger partial charge in [0, 0.05) is 44.8 Å². The van der Waals surface area contributed by atoms with Gasteiger partial charge in [-0.05, 0) is 50.8 Å². The number of nitrogens with one attached hydrogen (secondary N) is 1. The van der Waals surface area contributed by atoms with Crippen LogP contribution in [0.5, 0.6) is 0 Å². The predicted molar refractivity (Wildman–Crippen MR) is 106 cm³/mol. The highest BCUT2D eigenvalue weighted by atomic mass is 16.2. The monoisotopic (exact) mass is 373 g/mol. The number of aryl methyl sites for hydroxylation is 1. The number of nitrogens with zero attached hydrogens (tertiary/aromatic N) is 4. The maximum atomic E-state index is 12.4. The number of amides is 1. The van der Waals surface area contributed by atoms with E-state index in [9.17, 15) is 4.79 Å². The summed E-state index contributed by atoms with van der Waals surface area (Å²) in [4.78, 5) is 17.0. The van der Waals surface area contributed by atoms with Crippen molar-refractivity contribution in [1.82, 2.24) is 24.9 Å². The SMILES string of the molecule is CC1CCCC(N2CCC(N[C@@H]3CC(=O)N(C)[C@H]3c3ccnn3C)CC2)C1. The first-order valence-electron chi connectivity index (χ1n) is 10.8. The summed E-state index contributed by atoms with van der Waals surface area (Å²) < 4.78 is 1.90. The number of rotatable bonds is 4. The molecule has 1 N–H and O–H groups in total. The largest absolute Gasteiger partial charge is 0.336 e. The van der Waals surface area contributed by atoms with Gasteiger partial charge in [0.15, 0.2) is 0 Å². The highest BCUT2D eigenvalue weighted by molar-refractivity contribution is 5.80. The number of aromatic nitrogens is 2. The lowest BCUT2D eigenvalue weighted by molar-refractivity contribution is -0.127. The molecule has 0 aromatic carbocycles. The fourth-order valence-corrected chi connectivity index (χ4v) is 5.57. The predicted octanol–water partition coefficient (Wildman–Crippen LogP) is 2.32. The molecule has 1 aromatic heterocycles. The number of likely N-dealkylation sites (N-methyl/N-ethyl adjacent to an activating group) is 1. The lowest BCUT2D eigenvalue weighted by atomic mass is 9.85. The third-order valence-corrected chi connectivity index (χ3v) is 7.15. The molecule has 1 aliphatic carbocycles. The molecule has 1 aromatic rings. The van der Waals surface area contributed by atoms with Crippen LogP contribution in [0.3, 0.4) is 0 Å². The Morgan fingerprint density at radius 3 is 2.59 bits per heavy atom. The van der Waals surface area contributed by atoms with E-state index >= 15 is 0 Å². The Hall–Kier alpha value is -1.40. The molecule has 0 bridgehead atoms. The van der Waals surface area contributed by atoms with Gasteiger partial charge in [0.1, 0.15) is 0 Å². The minimum atomic E-state index is 0.0854. The lowest BCUT2D eigenvalue weighted by Crippen LogP contribution is -2.50. The van der Waals surface area contributed by atoms with Gasteiger partial charge < -0.3 is 15.1 Å². The Kier molecular flexibility index (Phi) is 5.55. The first kappa shape index (κ1) is 18.9. The van der Waals surface area contributed by atoms with Crippen LogP contribution < -0.4 is 5.32 Å². The van der Waals surface area contributed by atoms with E-state index in [0.717, 1.165) is 17.7 Å². The molecule has 27 heavy (non-hydrogen) atoms. The number of hydrogen-bond donors (Lipinski definition) is 1. The van der Waals surface area contributed by atoms with Gasteiger partial charge in [-0.3, -0.25) is 9.48 Å². The average molecular weight is 374 g/mol. The van der Waals surface area contributed by atoms with Crippen molar-refractivity contribution in [2.45, 2.75) is 76.0 Å². The third-order valence-electron chi connectivity index (χ3n) is 7.15. The number of hydrogen-bond acceptors (Lipinski definition) is 4. The van der Waals surface area contributed by atoms with Gasteiger partial charge in [-0.2, -0.15) is 5.10 Å². The fraction of sp³-hybridized carbons (Fsp3) is 0.810. The molecule has 4 rings (SSSR count). The Labute approximate surface area is 163 Å². The van der Waals surface area contributed by atoms with Gasteiger partial charge in [0.05, 0.1) is 11.7 Å². The summed E-state index contributed by atoms with van der Waals surface area (Å²) in [5.74, 6) is 1.12. The van der Waals surface area contributed by atoms with Crippen molar-refractivity contribution in [2.75, 3.05) is 20.1 Å². The van der Waals surface area contributed by atoms with E-state index in [0.29, 0.717) is 12.5 Å². The lowest BCUT2D eigenvalue weighted by Gasteiger charge is -2.41. The first-order chi connectivity index (χ1) is 13.0. The quantitative estimate of drug-likeness (QED) is 0.880. The van der Waals surface area contributed by atoms with Gasteiger partial charge in [0.2, 0.25) is 5.91 Å². The topological polar surface area (TPSA) is 53.4 Å². The van der Waals surface area contributed by atoms with Crippen LogP contribution in [-0.2, 0) is 11.8 Å². The van der Waals surface area contributed by atoms with Crippen molar-refractivity contribution in [2.24, 2.45) is 13.0 Å². The molecular weight excluding hydrogens is 338 g/mol. The van der Waals surface area contributed by atoms with E-state index in [1.807, 2.05) is 35.9 Å². The van der Waals surface area contributed by atoms with Gasteiger partial charge in [-0.15, -0.1) is 0 Å². The van der Waals surface area contributed by atoms with E-state index in [1.165, 1.54) is 51.6 Å². The van der Waals surface area contributed by atoms with Crippen LogP contribution in [0.4, 0.5) is 0 Å². The van der Waals surface area contributed by atoms with Crippen LogP contribution in [0.25, 0.3) is 0 Å². The van der Waals surface area contributed by atoms with E-state index in [2.05, 4.69) is 22.2 Å². The van der Waals surface area contributed by atoms with Gasteiger partial charge in [0.25, 0.3) is 0 Å². The van der Waals surface area contributed by atoms with Gasteiger partial charge in [-0.1, -0.05) is 19.8 Å². The van der Waals surface area contributed by atoms with Crippen LogP contribution >= 0.6 is 0 Å². The second-order valence-corrected chi connectivity index (χ2v) is 9.04. The molecule has 6 nitrogen and oxygen atoms in total. The van der Waals surface area contributed by atoms with Crippen LogP contribution in [-0.4, -0.2) is 63.8 Å². The highest BCUT2D eigenvalue weighted by Crippen LogP contribution is 2.33. The van der Waals surface area contributed by atoms with Crippen LogP contribution in [0, 0.1) is 5.92 Å². The smallest absolute Gasteiger partial charge is 0.224 e. The summed E-state index contributed by atoms with van der Waals surface area (Å²) >= 11 is 0. The van der Waals surface area contributed by atoms with Crippen LogP contribution in [0.1, 0.15) is 63.6 Å². The van der Waals surface area contributed by atoms with Crippen molar-refractivity contribution >= 4 is 5.91 Å². The van der Waals surface area contributed by atoms with Gasteiger partial charge in [-0.25, -0.2) is 0 Å². The molecule has 3 fully saturated rings. The number of carbonyl (C=O) groups is 1. The summed E-state index contributed by atoms with van der Waals surface area (Å²) in [5, 5.41) is 8.16. The molecule has 0 spiro atoms. The standard InChI is InChI=1S/C21H35N5O/c1-15-5-4-6-17(13-15)26-11-8-16(9-12-26)23-18-14-20(27)24(2)21(18)19-7-10-22-25(19)3/h7,10,15-18,21,23H,4-6,8-9,11-14H2,1-3H3/t15?,17?,18-,21-/m1/s1. The fourth-order valence-electron chi connectivity index (χ4n) is 5.57. The Bertz CT molecular complexity index is 651.